The number of hydrogen-bond acceptors (Lipinski definition) is 5. The van der Waals surface area contributed by atoms with E-state index in [1.807, 2.05) is 18.7 Å². The lowest BCUT2D eigenvalue weighted by Crippen LogP contribution is -2.48. The number of anilines is 2. The van der Waals surface area contributed by atoms with E-state index >= 15 is 0 Å². The molecule has 1 aliphatic heterocycles. The SMILES string of the molecule is CC(C)c1cc(C(=O)Nc2ccc(N3CCNC(=O)C3)nc2)n[nH]1. The highest BCUT2D eigenvalue weighted by Crippen LogP contribution is 2.16. The van der Waals surface area contributed by atoms with Crippen molar-refractivity contribution in [3.05, 3.63) is 35.8 Å². The zero-order chi connectivity index (χ0) is 17.1. The molecule has 24 heavy (non-hydrogen) atoms. The van der Waals surface area contributed by atoms with Crippen LogP contribution in [0.4, 0.5) is 11.5 Å². The van der Waals surface area contributed by atoms with Gasteiger partial charge in [0.05, 0.1) is 18.4 Å². The molecule has 0 saturated carbocycles. The summed E-state index contributed by atoms with van der Waals surface area (Å²) in [7, 11) is 0. The molecule has 8 nitrogen and oxygen atoms in total. The third-order valence-electron chi connectivity index (χ3n) is 3.82. The van der Waals surface area contributed by atoms with Crippen LogP contribution < -0.4 is 15.5 Å². The quantitative estimate of drug-likeness (QED) is 0.780. The van der Waals surface area contributed by atoms with Gasteiger partial charge in [0.2, 0.25) is 5.91 Å². The summed E-state index contributed by atoms with van der Waals surface area (Å²) in [5.74, 6) is 0.691. The second-order valence-electron chi connectivity index (χ2n) is 5.99. The van der Waals surface area contributed by atoms with E-state index in [1.165, 1.54) is 0 Å². The van der Waals surface area contributed by atoms with Crippen molar-refractivity contribution < 1.29 is 9.59 Å². The van der Waals surface area contributed by atoms with Crippen molar-refractivity contribution in [1.82, 2.24) is 20.5 Å². The highest BCUT2D eigenvalue weighted by molar-refractivity contribution is 6.02. The first-order valence-electron chi connectivity index (χ1n) is 7.87. The van der Waals surface area contributed by atoms with Crippen LogP contribution in [0.5, 0.6) is 0 Å². The highest BCUT2D eigenvalue weighted by atomic mass is 16.2. The summed E-state index contributed by atoms with van der Waals surface area (Å²) in [6.45, 7) is 5.67. The Balaban J connectivity index is 1.65. The van der Waals surface area contributed by atoms with Crippen molar-refractivity contribution in [1.29, 1.82) is 0 Å². The van der Waals surface area contributed by atoms with Crippen LogP contribution in [0, 0.1) is 0 Å². The average Bonchev–Trinajstić information content (AvgIpc) is 3.06. The number of piperazine rings is 1. The van der Waals surface area contributed by atoms with Gasteiger partial charge >= 0.3 is 0 Å². The maximum atomic E-state index is 12.2. The summed E-state index contributed by atoms with van der Waals surface area (Å²) < 4.78 is 0. The lowest BCUT2D eigenvalue weighted by atomic mass is 10.1. The van der Waals surface area contributed by atoms with E-state index in [1.54, 1.807) is 24.4 Å². The van der Waals surface area contributed by atoms with Crippen LogP contribution in [0.2, 0.25) is 0 Å². The molecule has 0 atom stereocenters. The molecule has 3 rings (SSSR count). The standard InChI is InChI=1S/C16H20N6O2/c1-10(2)12-7-13(21-20-12)16(24)19-11-3-4-14(18-8-11)22-6-5-17-15(23)9-22/h3-4,7-8,10H,5-6,9H2,1-2H3,(H,17,23)(H,19,24)(H,20,21). The summed E-state index contributed by atoms with van der Waals surface area (Å²) in [6, 6.07) is 5.30. The molecule has 1 aliphatic rings. The van der Waals surface area contributed by atoms with Crippen molar-refractivity contribution >= 4 is 23.3 Å². The van der Waals surface area contributed by atoms with E-state index in [0.717, 1.165) is 12.2 Å². The number of rotatable bonds is 4. The van der Waals surface area contributed by atoms with Gasteiger partial charge in [0.25, 0.3) is 5.91 Å². The third-order valence-corrected chi connectivity index (χ3v) is 3.82. The van der Waals surface area contributed by atoms with Gasteiger partial charge in [0, 0.05) is 18.8 Å². The molecule has 3 heterocycles. The molecule has 1 saturated heterocycles. The molecule has 2 aromatic rings. The number of H-pyrrole nitrogens is 1. The van der Waals surface area contributed by atoms with Crippen LogP contribution in [-0.2, 0) is 4.79 Å². The van der Waals surface area contributed by atoms with Gasteiger partial charge in [0.1, 0.15) is 5.82 Å². The summed E-state index contributed by atoms with van der Waals surface area (Å²) in [5.41, 5.74) is 1.84. The maximum Gasteiger partial charge on any atom is 0.276 e. The predicted molar refractivity (Wildman–Crippen MR) is 90.1 cm³/mol. The van der Waals surface area contributed by atoms with Crippen molar-refractivity contribution in [2.45, 2.75) is 19.8 Å². The van der Waals surface area contributed by atoms with Crippen LogP contribution in [0.3, 0.4) is 0 Å². The van der Waals surface area contributed by atoms with Crippen LogP contribution in [0.25, 0.3) is 0 Å². The van der Waals surface area contributed by atoms with Crippen LogP contribution >= 0.6 is 0 Å². The first kappa shape index (κ1) is 16.0. The monoisotopic (exact) mass is 328 g/mol. The Bertz CT molecular complexity index is 737. The molecule has 0 bridgehead atoms. The van der Waals surface area contributed by atoms with Gasteiger partial charge in [-0.2, -0.15) is 5.10 Å². The molecular weight excluding hydrogens is 308 g/mol. The summed E-state index contributed by atoms with van der Waals surface area (Å²) in [4.78, 5) is 29.8. The Morgan fingerprint density at radius 1 is 1.38 bits per heavy atom. The third kappa shape index (κ3) is 3.53. The minimum absolute atomic E-state index is 0.0140. The van der Waals surface area contributed by atoms with Gasteiger partial charge in [-0.05, 0) is 24.1 Å². The Kier molecular flexibility index (Phi) is 4.45. The summed E-state index contributed by atoms with van der Waals surface area (Å²) in [6.07, 6.45) is 1.58. The first-order valence-corrected chi connectivity index (χ1v) is 7.87. The number of nitrogens with zero attached hydrogens (tertiary/aromatic N) is 3. The number of amides is 2. The minimum atomic E-state index is -0.287. The maximum absolute atomic E-state index is 12.2. The topological polar surface area (TPSA) is 103 Å². The molecular formula is C16H20N6O2. The van der Waals surface area contributed by atoms with E-state index in [-0.39, 0.29) is 17.7 Å². The molecule has 3 N–H and O–H groups in total. The van der Waals surface area contributed by atoms with E-state index < -0.39 is 0 Å². The molecule has 126 valence electrons. The number of pyridine rings is 1. The van der Waals surface area contributed by atoms with Gasteiger partial charge in [-0.3, -0.25) is 14.7 Å². The molecule has 1 fully saturated rings. The van der Waals surface area contributed by atoms with Crippen LogP contribution in [0.1, 0.15) is 35.9 Å². The van der Waals surface area contributed by atoms with Crippen LogP contribution in [0.15, 0.2) is 24.4 Å². The summed E-state index contributed by atoms with van der Waals surface area (Å²) in [5, 5.41) is 12.4. The lowest BCUT2D eigenvalue weighted by Gasteiger charge is -2.27. The normalized spacial score (nSPS) is 14.6. The first-order chi connectivity index (χ1) is 11.5. The molecule has 0 spiro atoms. The molecule has 2 aromatic heterocycles. The number of hydrogen-bond donors (Lipinski definition) is 3. The number of carbonyl (C=O) groups excluding carboxylic acids is 2. The summed E-state index contributed by atoms with van der Waals surface area (Å²) >= 11 is 0. The fourth-order valence-corrected chi connectivity index (χ4v) is 2.43. The van der Waals surface area contributed by atoms with Crippen molar-refractivity contribution in [3.8, 4) is 0 Å². The predicted octanol–water partition coefficient (Wildman–Crippen LogP) is 1.12. The molecule has 0 unspecified atom stereocenters. The number of aromatic nitrogens is 3. The van der Waals surface area contributed by atoms with Crippen LogP contribution in [-0.4, -0.2) is 46.6 Å². The van der Waals surface area contributed by atoms with Gasteiger partial charge in [-0.1, -0.05) is 13.8 Å². The van der Waals surface area contributed by atoms with Gasteiger partial charge in [-0.15, -0.1) is 0 Å². The van der Waals surface area contributed by atoms with Gasteiger partial charge in [0.15, 0.2) is 5.69 Å². The largest absolute Gasteiger partial charge is 0.353 e. The van der Waals surface area contributed by atoms with Crippen molar-refractivity contribution in [2.24, 2.45) is 0 Å². The smallest absolute Gasteiger partial charge is 0.276 e. The second kappa shape index (κ2) is 6.69. The number of carbonyl (C=O) groups is 2. The number of nitrogens with one attached hydrogen (secondary N) is 3. The second-order valence-corrected chi connectivity index (χ2v) is 5.99. The minimum Gasteiger partial charge on any atom is -0.353 e. The lowest BCUT2D eigenvalue weighted by molar-refractivity contribution is -0.120. The Hall–Kier alpha value is -2.90. The van der Waals surface area contributed by atoms with E-state index in [2.05, 4.69) is 25.8 Å². The average molecular weight is 328 g/mol. The molecule has 0 aliphatic carbocycles. The van der Waals surface area contributed by atoms with E-state index in [0.29, 0.717) is 30.3 Å². The van der Waals surface area contributed by atoms with E-state index in [4.69, 9.17) is 0 Å². The van der Waals surface area contributed by atoms with Crippen molar-refractivity contribution in [2.75, 3.05) is 29.9 Å². The molecule has 8 heteroatoms. The fraction of sp³-hybridized carbons (Fsp3) is 0.375. The van der Waals surface area contributed by atoms with Gasteiger partial charge < -0.3 is 15.5 Å². The zero-order valence-electron chi connectivity index (χ0n) is 13.7. The van der Waals surface area contributed by atoms with E-state index in [9.17, 15) is 9.59 Å². The van der Waals surface area contributed by atoms with Crippen molar-refractivity contribution in [3.63, 3.8) is 0 Å². The Labute approximate surface area is 139 Å². The number of aromatic amines is 1. The molecule has 0 aromatic carbocycles. The Morgan fingerprint density at radius 2 is 2.21 bits per heavy atom. The highest BCUT2D eigenvalue weighted by Gasteiger charge is 2.17. The molecule has 0 radical (unpaired) electrons. The Morgan fingerprint density at radius 3 is 2.83 bits per heavy atom. The zero-order valence-corrected chi connectivity index (χ0v) is 13.7. The fourth-order valence-electron chi connectivity index (χ4n) is 2.43. The molecule has 2 amide bonds. The van der Waals surface area contributed by atoms with Gasteiger partial charge in [-0.25, -0.2) is 4.98 Å².